The standard InChI is InChI=1S/C43H64O11/c1-23-11-10-17-43(20-14-29-28(35(23)43)12-13-33-41(29,8)18-15-32-40(6,7)34(49)16-19-42(32,33)9)21-30(48)36-38(52-26(4)46)39(53-27(5)47)37(51-25(3)45)31(54-36)22-50-24(2)44/h12,23,29-33,35-39,48H,10-11,13-22H2,1-9H3/t23-,29?,30?,31?,32?,33?,35?,36-,37+,38?,39?,41-,42-,43+/m0/s1. The van der Waals surface area contributed by atoms with Crippen molar-refractivity contribution in [1.82, 2.24) is 0 Å². The minimum atomic E-state index is -1.31. The van der Waals surface area contributed by atoms with Crippen LogP contribution in [0.15, 0.2) is 11.6 Å². The van der Waals surface area contributed by atoms with Gasteiger partial charge in [-0.2, -0.15) is 0 Å². The Morgan fingerprint density at radius 3 is 2.11 bits per heavy atom. The number of fused-ring (bicyclic) bond motifs is 7. The summed E-state index contributed by atoms with van der Waals surface area (Å²) in [5, 5.41) is 12.4. The maximum atomic E-state index is 13.2. The SMILES string of the molecule is CC(=O)OCC1O[C@@H](C(O)C[C@]23CCC[C@H](C)C2C2=CCC4[C@@](C)(CCC5C(C)(C)C(=O)CC[C@@]54C)C2CC3)C(OC(C)=O)C(OC(C)=O)[C@@H]1OC(C)=O. The molecule has 6 rings (SSSR count). The number of carbonyl (C=O) groups is 5. The van der Waals surface area contributed by atoms with Crippen LogP contribution in [0.3, 0.4) is 0 Å². The summed E-state index contributed by atoms with van der Waals surface area (Å²) in [6.45, 7) is 16.3. The molecule has 0 bridgehead atoms. The van der Waals surface area contributed by atoms with E-state index < -0.39 is 60.5 Å². The highest BCUT2D eigenvalue weighted by atomic mass is 16.7. The van der Waals surface area contributed by atoms with E-state index in [0.717, 1.165) is 57.8 Å². The number of aliphatic hydroxyl groups is 1. The molecule has 4 saturated carbocycles. The second kappa shape index (κ2) is 14.9. The van der Waals surface area contributed by atoms with Gasteiger partial charge in [-0.25, -0.2) is 0 Å². The predicted molar refractivity (Wildman–Crippen MR) is 197 cm³/mol. The molecule has 1 saturated heterocycles. The zero-order valence-electron chi connectivity index (χ0n) is 33.9. The van der Waals surface area contributed by atoms with E-state index >= 15 is 0 Å². The topological polar surface area (TPSA) is 152 Å². The third-order valence-corrected chi connectivity index (χ3v) is 15.5. The van der Waals surface area contributed by atoms with Crippen molar-refractivity contribution in [1.29, 1.82) is 0 Å². The number of carbonyl (C=O) groups excluding carboxylic acids is 5. The van der Waals surface area contributed by atoms with E-state index in [-0.39, 0.29) is 34.2 Å². The minimum absolute atomic E-state index is 0.102. The maximum Gasteiger partial charge on any atom is 0.303 e. The Labute approximate surface area is 321 Å². The van der Waals surface area contributed by atoms with Gasteiger partial charge in [-0.3, -0.25) is 24.0 Å². The number of hydrogen-bond donors (Lipinski definition) is 1. The van der Waals surface area contributed by atoms with Gasteiger partial charge in [0.2, 0.25) is 0 Å². The fourth-order valence-corrected chi connectivity index (χ4v) is 13.5. The molecule has 0 spiro atoms. The molecule has 14 atom stereocenters. The maximum absolute atomic E-state index is 13.2. The summed E-state index contributed by atoms with van der Waals surface area (Å²) in [4.78, 5) is 62.3. The molecule has 8 unspecified atom stereocenters. The van der Waals surface area contributed by atoms with Crippen LogP contribution in [0.2, 0.25) is 0 Å². The number of allylic oxidation sites excluding steroid dienone is 2. The van der Waals surface area contributed by atoms with Crippen LogP contribution in [0.25, 0.3) is 0 Å². The molecule has 0 aromatic heterocycles. The van der Waals surface area contributed by atoms with E-state index in [2.05, 4.69) is 40.7 Å². The molecule has 5 aliphatic carbocycles. The lowest BCUT2D eigenvalue weighted by atomic mass is 9.37. The Kier molecular flexibility index (Phi) is 11.3. The first-order chi connectivity index (χ1) is 25.2. The fourth-order valence-electron chi connectivity index (χ4n) is 13.5. The number of ether oxygens (including phenoxy) is 5. The second-order valence-electron chi connectivity index (χ2n) is 19.0. The van der Waals surface area contributed by atoms with E-state index in [0.29, 0.717) is 42.3 Å². The Hall–Kier alpha value is -2.79. The van der Waals surface area contributed by atoms with Crippen molar-refractivity contribution in [3.05, 3.63) is 11.6 Å². The molecule has 0 radical (unpaired) electrons. The van der Waals surface area contributed by atoms with Crippen LogP contribution in [0.1, 0.15) is 133 Å². The van der Waals surface area contributed by atoms with Gasteiger partial charge in [-0.05, 0) is 97.2 Å². The van der Waals surface area contributed by atoms with Crippen LogP contribution < -0.4 is 0 Å². The third-order valence-electron chi connectivity index (χ3n) is 15.5. The van der Waals surface area contributed by atoms with E-state index in [1.807, 2.05) is 0 Å². The van der Waals surface area contributed by atoms with E-state index in [4.69, 9.17) is 23.7 Å². The second-order valence-corrected chi connectivity index (χ2v) is 19.0. The predicted octanol–water partition coefficient (Wildman–Crippen LogP) is 6.45. The summed E-state index contributed by atoms with van der Waals surface area (Å²) in [6.07, 6.45) is 5.46. The van der Waals surface area contributed by atoms with Crippen molar-refractivity contribution in [2.75, 3.05) is 6.61 Å². The van der Waals surface area contributed by atoms with E-state index in [9.17, 15) is 29.1 Å². The molecule has 11 heteroatoms. The average molecular weight is 757 g/mol. The smallest absolute Gasteiger partial charge is 0.303 e. The van der Waals surface area contributed by atoms with Gasteiger partial charge in [-0.1, -0.05) is 59.1 Å². The van der Waals surface area contributed by atoms with Crippen LogP contribution in [0, 0.1) is 51.2 Å². The number of ketones is 1. The van der Waals surface area contributed by atoms with E-state index in [1.165, 1.54) is 33.3 Å². The van der Waals surface area contributed by atoms with Gasteiger partial charge < -0.3 is 28.8 Å². The normalized spacial score (nSPS) is 43.1. The van der Waals surface area contributed by atoms with Crippen LogP contribution in [-0.2, 0) is 47.7 Å². The molecule has 1 aliphatic heterocycles. The van der Waals surface area contributed by atoms with Gasteiger partial charge in [0.25, 0.3) is 0 Å². The summed E-state index contributed by atoms with van der Waals surface area (Å²) in [5.41, 5.74) is 1.21. The molecule has 5 fully saturated rings. The molecule has 11 nitrogen and oxygen atoms in total. The molecule has 54 heavy (non-hydrogen) atoms. The first kappa shape index (κ1) is 40.9. The largest absolute Gasteiger partial charge is 0.463 e. The lowest BCUT2D eigenvalue weighted by Gasteiger charge is -2.67. The highest BCUT2D eigenvalue weighted by molar-refractivity contribution is 5.85. The lowest BCUT2D eigenvalue weighted by molar-refractivity contribution is -0.268. The first-order valence-electron chi connectivity index (χ1n) is 20.5. The fraction of sp³-hybridized carbons (Fsp3) is 0.837. The third kappa shape index (κ3) is 7.07. The van der Waals surface area contributed by atoms with E-state index in [1.54, 1.807) is 0 Å². The summed E-state index contributed by atoms with van der Waals surface area (Å²) < 4.78 is 28.8. The number of rotatable bonds is 8. The van der Waals surface area contributed by atoms with Gasteiger partial charge in [0.15, 0.2) is 18.3 Å². The van der Waals surface area contributed by atoms with Crippen molar-refractivity contribution in [2.24, 2.45) is 51.2 Å². The molecule has 0 aromatic rings. The highest BCUT2D eigenvalue weighted by Crippen LogP contribution is 2.72. The van der Waals surface area contributed by atoms with Crippen LogP contribution in [0.5, 0.6) is 0 Å². The number of esters is 4. The summed E-state index contributed by atoms with van der Waals surface area (Å²) in [5.74, 6) is -0.285. The first-order valence-corrected chi connectivity index (χ1v) is 20.5. The number of hydrogen-bond acceptors (Lipinski definition) is 11. The minimum Gasteiger partial charge on any atom is -0.463 e. The molecule has 1 heterocycles. The molecular weight excluding hydrogens is 692 g/mol. The van der Waals surface area contributed by atoms with Crippen molar-refractivity contribution < 1.29 is 52.8 Å². The Bertz CT molecular complexity index is 1530. The van der Waals surface area contributed by atoms with Crippen molar-refractivity contribution in [3.8, 4) is 0 Å². The average Bonchev–Trinajstić information content (AvgIpc) is 3.06. The van der Waals surface area contributed by atoms with Crippen LogP contribution in [-0.4, -0.2) is 78.0 Å². The Morgan fingerprint density at radius 2 is 1.46 bits per heavy atom. The van der Waals surface area contributed by atoms with Crippen LogP contribution in [0.4, 0.5) is 0 Å². The van der Waals surface area contributed by atoms with Gasteiger partial charge in [-0.15, -0.1) is 0 Å². The molecule has 6 aliphatic rings. The lowest BCUT2D eigenvalue weighted by Crippen LogP contribution is -2.65. The zero-order valence-corrected chi connectivity index (χ0v) is 33.9. The van der Waals surface area contributed by atoms with Gasteiger partial charge in [0.05, 0.1) is 6.10 Å². The monoisotopic (exact) mass is 756 g/mol. The highest BCUT2D eigenvalue weighted by Gasteiger charge is 2.65. The van der Waals surface area contributed by atoms with Crippen molar-refractivity contribution in [3.63, 3.8) is 0 Å². The molecule has 0 amide bonds. The van der Waals surface area contributed by atoms with Crippen molar-refractivity contribution in [2.45, 2.75) is 170 Å². The van der Waals surface area contributed by atoms with Gasteiger partial charge in [0.1, 0.15) is 24.6 Å². The van der Waals surface area contributed by atoms with Crippen LogP contribution >= 0.6 is 0 Å². The molecular formula is C43H64O11. The van der Waals surface area contributed by atoms with Crippen molar-refractivity contribution >= 4 is 29.7 Å². The summed E-state index contributed by atoms with van der Waals surface area (Å²) in [7, 11) is 0. The number of Topliss-reactive ketones (excluding diaryl/α,β-unsaturated/α-hetero) is 1. The Morgan fingerprint density at radius 1 is 0.815 bits per heavy atom. The summed E-state index contributed by atoms with van der Waals surface area (Å²) in [6, 6.07) is 0. The Balaban J connectivity index is 1.33. The molecule has 0 aromatic carbocycles. The molecule has 1 N–H and O–H groups in total. The zero-order chi connectivity index (χ0) is 39.5. The van der Waals surface area contributed by atoms with Gasteiger partial charge in [0, 0.05) is 39.5 Å². The quantitative estimate of drug-likeness (QED) is 0.165. The van der Waals surface area contributed by atoms with Gasteiger partial charge >= 0.3 is 23.9 Å². The number of aliphatic hydroxyl groups excluding tert-OH is 1. The molecule has 302 valence electrons. The summed E-state index contributed by atoms with van der Waals surface area (Å²) >= 11 is 0.